The Morgan fingerprint density at radius 3 is 2.12 bits per heavy atom. The third-order valence-corrected chi connectivity index (χ3v) is 10.2. The van der Waals surface area contributed by atoms with Crippen LogP contribution in [0.1, 0.15) is 31.2 Å². The fourth-order valence-corrected chi connectivity index (χ4v) is 7.96. The van der Waals surface area contributed by atoms with E-state index in [0.29, 0.717) is 5.57 Å². The minimum atomic E-state index is -2.62. The number of phenolic OH excluding ortho intramolecular Hbond substituents is 1. The topological polar surface area (TPSA) is 95.0 Å². The number of hydrogen-bond acceptors (Lipinski definition) is 5. The third-order valence-electron chi connectivity index (χ3n) is 8.83. The molecular weight excluding hydrogens is 610 g/mol. The van der Waals surface area contributed by atoms with Crippen molar-refractivity contribution >= 4 is 52.5 Å². The molecule has 0 radical (unpaired) electrons. The summed E-state index contributed by atoms with van der Waals surface area (Å²) in [4.78, 5) is 50.1. The maximum Gasteiger partial charge on any atom is 0.258 e. The van der Waals surface area contributed by atoms with Crippen molar-refractivity contribution in [3.8, 4) is 5.75 Å². The van der Waals surface area contributed by atoms with E-state index in [1.807, 2.05) is 0 Å². The van der Waals surface area contributed by atoms with Crippen molar-refractivity contribution in [3.63, 3.8) is 0 Å². The molecule has 0 bridgehead atoms. The first-order valence-electron chi connectivity index (χ1n) is 12.8. The fraction of sp³-hybridized carbons (Fsp3) is 0.357. The smallest absolute Gasteiger partial charge is 0.258 e. The molecule has 2 saturated heterocycles. The van der Waals surface area contributed by atoms with E-state index in [2.05, 4.69) is 0 Å². The molecule has 6 atom stereocenters. The van der Waals surface area contributed by atoms with Crippen LogP contribution in [0.4, 0.5) is 27.6 Å². The monoisotopic (exact) mass is 628 g/mol. The summed E-state index contributed by atoms with van der Waals surface area (Å²) in [6.07, 6.45) is 1.07. The Morgan fingerprint density at radius 2 is 1.52 bits per heavy atom. The SMILES string of the molecule is CCN1C(=O)[C@H]2[C@H](CC=C3[C@H]2C[C@@]2(Cl)C(=O)N(c4c(F)c(F)c(F)c(F)c4F)C(=O)[C@@]2(Cl)[C@H]3c2cccc(O)c2)C1=O. The third kappa shape index (κ3) is 3.33. The number of phenols is 1. The molecule has 4 aliphatic rings. The maximum atomic E-state index is 15.0. The molecule has 2 aliphatic heterocycles. The number of nitrogens with zero attached hydrogens (tertiary/aromatic N) is 2. The van der Waals surface area contributed by atoms with Gasteiger partial charge in [0.05, 0.1) is 11.8 Å². The molecule has 2 heterocycles. The van der Waals surface area contributed by atoms with Gasteiger partial charge in [-0.25, -0.2) is 26.9 Å². The Hall–Kier alpha value is -3.51. The van der Waals surface area contributed by atoms with Crippen molar-refractivity contribution in [1.82, 2.24) is 4.90 Å². The lowest BCUT2D eigenvalue weighted by molar-refractivity contribution is -0.140. The first kappa shape index (κ1) is 28.6. The number of fused-ring (bicyclic) bond motifs is 4. The van der Waals surface area contributed by atoms with Gasteiger partial charge in [-0.15, -0.1) is 23.2 Å². The Kier molecular flexibility index (Phi) is 6.29. The van der Waals surface area contributed by atoms with E-state index in [0.717, 1.165) is 4.90 Å². The quantitative estimate of drug-likeness (QED) is 0.133. The lowest BCUT2D eigenvalue weighted by atomic mass is 9.56. The number of likely N-dealkylation sites (tertiary alicyclic amines) is 1. The zero-order chi connectivity index (χ0) is 30.6. The standard InChI is InChI=1S/C28H19Cl2F5N2O5/c1-2-36-23(39)13-7-6-12-14(15(13)24(36)40)9-27(29)25(41)37(22-20(34)18(32)17(31)19(33)21(22)35)26(42)28(27,30)16(12)10-4-3-5-11(38)8-10/h3-6,8,13-16,38H,2,7,9H2,1H3/t13-,14+,15-,16-,27+,28-/m0/s1. The number of allylic oxidation sites excluding steroid dienone is 2. The van der Waals surface area contributed by atoms with E-state index in [1.54, 1.807) is 13.0 Å². The predicted octanol–water partition coefficient (Wildman–Crippen LogP) is 4.67. The molecule has 2 aromatic carbocycles. The molecular formula is C28H19Cl2F5N2O5. The lowest BCUT2D eigenvalue weighted by Gasteiger charge is -2.50. The average Bonchev–Trinajstić information content (AvgIpc) is 3.29. The highest BCUT2D eigenvalue weighted by Crippen LogP contribution is 2.66. The average molecular weight is 629 g/mol. The van der Waals surface area contributed by atoms with E-state index < -0.39 is 98.2 Å². The number of alkyl halides is 2. The molecule has 2 aromatic rings. The van der Waals surface area contributed by atoms with Crippen LogP contribution in [0.25, 0.3) is 0 Å². The van der Waals surface area contributed by atoms with E-state index >= 15 is 0 Å². The highest BCUT2D eigenvalue weighted by molar-refractivity contribution is 6.58. The second-order valence-corrected chi connectivity index (χ2v) is 12.0. The molecule has 0 aromatic heterocycles. The molecule has 4 amide bonds. The molecule has 1 N–H and O–H groups in total. The second kappa shape index (κ2) is 9.24. The van der Waals surface area contributed by atoms with E-state index in [1.165, 1.54) is 24.3 Å². The lowest BCUT2D eigenvalue weighted by Crippen LogP contribution is -2.60. The van der Waals surface area contributed by atoms with Crippen LogP contribution in [-0.4, -0.2) is 49.9 Å². The number of rotatable bonds is 3. The Balaban J connectivity index is 1.60. The summed E-state index contributed by atoms with van der Waals surface area (Å²) in [5, 5.41) is 10.2. The molecule has 220 valence electrons. The number of carbonyl (C=O) groups is 4. The molecule has 0 unspecified atom stereocenters. The van der Waals surface area contributed by atoms with Gasteiger partial charge >= 0.3 is 0 Å². The number of benzene rings is 2. The molecule has 7 nitrogen and oxygen atoms in total. The van der Waals surface area contributed by atoms with Crippen LogP contribution in [0.3, 0.4) is 0 Å². The molecule has 0 spiro atoms. The van der Waals surface area contributed by atoms with Crippen LogP contribution in [0, 0.1) is 46.8 Å². The van der Waals surface area contributed by atoms with Crippen LogP contribution >= 0.6 is 23.2 Å². The summed E-state index contributed by atoms with van der Waals surface area (Å²) in [5.41, 5.74) is -1.41. The van der Waals surface area contributed by atoms with Gasteiger partial charge in [0.1, 0.15) is 11.4 Å². The van der Waals surface area contributed by atoms with Crippen molar-refractivity contribution in [1.29, 1.82) is 0 Å². The molecule has 42 heavy (non-hydrogen) atoms. The van der Waals surface area contributed by atoms with E-state index in [-0.39, 0.29) is 29.2 Å². The van der Waals surface area contributed by atoms with Crippen molar-refractivity contribution < 1.29 is 46.2 Å². The van der Waals surface area contributed by atoms with Crippen molar-refractivity contribution in [2.24, 2.45) is 17.8 Å². The van der Waals surface area contributed by atoms with Gasteiger partial charge in [0.15, 0.2) is 33.0 Å². The van der Waals surface area contributed by atoms with Crippen LogP contribution < -0.4 is 4.90 Å². The number of imide groups is 2. The summed E-state index contributed by atoms with van der Waals surface area (Å²) in [5.74, 6) is -20.9. The van der Waals surface area contributed by atoms with Crippen molar-refractivity contribution in [2.45, 2.75) is 35.4 Å². The summed E-state index contributed by atoms with van der Waals surface area (Å²) < 4.78 is 72.2. The highest BCUT2D eigenvalue weighted by Gasteiger charge is 2.77. The number of amides is 4. The molecule has 6 rings (SSSR count). The van der Waals surface area contributed by atoms with Crippen molar-refractivity contribution in [2.75, 3.05) is 11.4 Å². The summed E-state index contributed by atoms with van der Waals surface area (Å²) in [6, 6.07) is 5.33. The number of carbonyl (C=O) groups excluding carboxylic acids is 4. The zero-order valence-corrected chi connectivity index (χ0v) is 22.9. The Bertz CT molecular complexity index is 1640. The van der Waals surface area contributed by atoms with Gasteiger partial charge in [0, 0.05) is 12.5 Å². The predicted molar refractivity (Wildman–Crippen MR) is 137 cm³/mol. The van der Waals surface area contributed by atoms with E-state index in [9.17, 15) is 46.2 Å². The van der Waals surface area contributed by atoms with Gasteiger partial charge in [-0.05, 0) is 43.4 Å². The van der Waals surface area contributed by atoms with Gasteiger partial charge < -0.3 is 5.11 Å². The fourth-order valence-electron chi connectivity index (χ4n) is 7.02. The van der Waals surface area contributed by atoms with E-state index in [4.69, 9.17) is 23.2 Å². The normalized spacial score (nSPS) is 32.2. The summed E-state index contributed by atoms with van der Waals surface area (Å²) >= 11 is 13.9. The van der Waals surface area contributed by atoms with Gasteiger partial charge in [0.2, 0.25) is 17.6 Å². The van der Waals surface area contributed by atoms with Gasteiger partial charge in [0.25, 0.3) is 11.8 Å². The number of hydrogen-bond donors (Lipinski definition) is 1. The van der Waals surface area contributed by atoms with Crippen LogP contribution in [0.5, 0.6) is 5.75 Å². The first-order valence-corrected chi connectivity index (χ1v) is 13.6. The van der Waals surface area contributed by atoms with Crippen LogP contribution in [0.15, 0.2) is 35.9 Å². The number of anilines is 1. The minimum absolute atomic E-state index is 0.0542. The Labute approximate surface area is 244 Å². The molecule has 3 fully saturated rings. The summed E-state index contributed by atoms with van der Waals surface area (Å²) in [6.45, 7) is 1.67. The van der Waals surface area contributed by atoms with Gasteiger partial charge in [-0.1, -0.05) is 23.8 Å². The van der Waals surface area contributed by atoms with Crippen molar-refractivity contribution in [3.05, 3.63) is 70.6 Å². The second-order valence-electron chi connectivity index (χ2n) is 10.7. The maximum absolute atomic E-state index is 15.0. The Morgan fingerprint density at radius 1 is 0.905 bits per heavy atom. The molecule has 2 aliphatic carbocycles. The van der Waals surface area contributed by atoms with Crippen LogP contribution in [0.2, 0.25) is 0 Å². The first-order chi connectivity index (χ1) is 19.7. The zero-order valence-electron chi connectivity index (χ0n) is 21.4. The molecule has 14 heteroatoms. The highest BCUT2D eigenvalue weighted by atomic mass is 35.5. The molecule has 1 saturated carbocycles. The number of aromatic hydroxyl groups is 1. The number of halogens is 7. The van der Waals surface area contributed by atoms with Gasteiger partial charge in [-0.2, -0.15) is 0 Å². The largest absolute Gasteiger partial charge is 0.508 e. The summed E-state index contributed by atoms with van der Waals surface area (Å²) in [7, 11) is 0. The van der Waals surface area contributed by atoms with Crippen LogP contribution in [-0.2, 0) is 19.2 Å². The van der Waals surface area contributed by atoms with Gasteiger partial charge in [-0.3, -0.25) is 24.1 Å². The minimum Gasteiger partial charge on any atom is -0.508 e.